The van der Waals surface area contributed by atoms with Gasteiger partial charge in [0.05, 0.1) is 31.0 Å². The molecule has 0 unspecified atom stereocenters. The first-order valence-electron chi connectivity index (χ1n) is 8.87. The lowest BCUT2D eigenvalue weighted by Crippen LogP contribution is -2.62. The van der Waals surface area contributed by atoms with Gasteiger partial charge in [0, 0.05) is 18.3 Å². The Morgan fingerprint density at radius 2 is 1.85 bits per heavy atom. The van der Waals surface area contributed by atoms with Crippen LogP contribution in [-0.4, -0.2) is 18.7 Å². The van der Waals surface area contributed by atoms with Crippen molar-refractivity contribution in [2.45, 2.75) is 37.8 Å². The number of benzene rings is 1. The summed E-state index contributed by atoms with van der Waals surface area (Å²) in [6.07, 6.45) is 1.33. The number of carbonyl (C=O) groups is 1. The monoisotopic (exact) mass is 363 g/mol. The summed E-state index contributed by atoms with van der Waals surface area (Å²) in [5.74, 6) is -1.04. The molecule has 2 bridgehead atoms. The van der Waals surface area contributed by atoms with Gasteiger partial charge >= 0.3 is 0 Å². The molecule has 7 nitrogen and oxygen atoms in total. The number of nitrogens with one attached hydrogen (secondary N) is 1. The zero-order chi connectivity index (χ0) is 19.9. The third-order valence-electron chi connectivity index (χ3n) is 6.11. The number of hydrogen-bond donors (Lipinski definition) is 2. The molecule has 1 saturated carbocycles. The topological polar surface area (TPSA) is 136 Å². The van der Waals surface area contributed by atoms with Gasteiger partial charge in [0.2, 0.25) is 5.91 Å². The van der Waals surface area contributed by atoms with Gasteiger partial charge in [-0.15, -0.1) is 0 Å². The summed E-state index contributed by atoms with van der Waals surface area (Å²) < 4.78 is 5.19. The second-order valence-corrected chi connectivity index (χ2v) is 7.37. The molecule has 4 atom stereocenters. The van der Waals surface area contributed by atoms with Crippen molar-refractivity contribution >= 4 is 5.91 Å². The number of fused-ring (bicyclic) bond motifs is 2. The lowest BCUT2D eigenvalue weighted by Gasteiger charge is -2.50. The zero-order valence-corrected chi connectivity index (χ0v) is 15.3. The van der Waals surface area contributed by atoms with E-state index < -0.39 is 28.3 Å². The molecule has 0 aromatic heterocycles. The Hall–Kier alpha value is -3.08. The van der Waals surface area contributed by atoms with Gasteiger partial charge in [0.15, 0.2) is 10.8 Å². The fourth-order valence-corrected chi connectivity index (χ4v) is 4.85. The number of carbonyl (C=O) groups excluding carboxylic acids is 1. The highest BCUT2D eigenvalue weighted by Gasteiger charge is 2.76. The van der Waals surface area contributed by atoms with E-state index in [-0.39, 0.29) is 12.3 Å². The first kappa shape index (κ1) is 18.7. The molecular weight excluding hydrogens is 342 g/mol. The van der Waals surface area contributed by atoms with Crippen LogP contribution in [0.2, 0.25) is 0 Å². The third-order valence-corrected chi connectivity index (χ3v) is 6.11. The Morgan fingerprint density at radius 1 is 1.22 bits per heavy atom. The number of ether oxygens (including phenoxy) is 1. The maximum absolute atomic E-state index is 12.8. The van der Waals surface area contributed by atoms with Gasteiger partial charge in [-0.1, -0.05) is 25.5 Å². The molecule has 0 radical (unpaired) electrons. The molecule has 1 heterocycles. The van der Waals surface area contributed by atoms with Crippen molar-refractivity contribution in [1.29, 1.82) is 15.8 Å². The number of nitrogens with two attached hydrogens (primary N) is 1. The van der Waals surface area contributed by atoms with Gasteiger partial charge in [-0.05, 0) is 24.1 Å². The van der Waals surface area contributed by atoms with Gasteiger partial charge in [0.25, 0.3) is 0 Å². The second kappa shape index (κ2) is 6.27. The van der Waals surface area contributed by atoms with E-state index in [1.54, 1.807) is 31.4 Å². The summed E-state index contributed by atoms with van der Waals surface area (Å²) in [5.41, 5.74) is 2.49. The Balaban J connectivity index is 2.31. The summed E-state index contributed by atoms with van der Waals surface area (Å²) in [6.45, 7) is 1.98. The van der Waals surface area contributed by atoms with Crippen LogP contribution in [0.5, 0.6) is 5.75 Å². The first-order chi connectivity index (χ1) is 12.9. The van der Waals surface area contributed by atoms with Crippen molar-refractivity contribution in [3.05, 3.63) is 29.8 Å². The van der Waals surface area contributed by atoms with E-state index in [0.29, 0.717) is 17.7 Å². The Labute approximate surface area is 158 Å². The number of nitrogens with zero attached hydrogens (tertiary/aromatic N) is 3. The van der Waals surface area contributed by atoms with E-state index in [1.165, 1.54) is 0 Å². The fraction of sp³-hybridized carbons (Fsp3) is 0.500. The first-order valence-corrected chi connectivity index (χ1v) is 8.87. The molecule has 1 aromatic rings. The van der Waals surface area contributed by atoms with Gasteiger partial charge in [0.1, 0.15) is 5.75 Å². The molecule has 1 saturated heterocycles. The van der Waals surface area contributed by atoms with Gasteiger partial charge in [-0.3, -0.25) is 4.79 Å². The quantitative estimate of drug-likeness (QED) is 0.839. The molecule has 27 heavy (non-hydrogen) atoms. The molecule has 138 valence electrons. The van der Waals surface area contributed by atoms with Crippen molar-refractivity contribution in [1.82, 2.24) is 5.32 Å². The minimum Gasteiger partial charge on any atom is -0.497 e. The molecule has 2 aliphatic rings. The molecule has 1 aromatic carbocycles. The van der Waals surface area contributed by atoms with Crippen molar-refractivity contribution < 1.29 is 9.53 Å². The minimum absolute atomic E-state index is 0.0478. The SMILES string of the molecule is CCC[C@H]1[C@@H](c2ccc(OC)cc2)C(C#N)(C#N)[C@]2(C#N)C[C@]1(N)NC2=O. The molecule has 0 spiro atoms. The number of nitriles is 3. The van der Waals surface area contributed by atoms with Crippen LogP contribution in [0.25, 0.3) is 0 Å². The molecule has 1 aliphatic heterocycles. The molecule has 2 fully saturated rings. The van der Waals surface area contributed by atoms with E-state index in [4.69, 9.17) is 10.5 Å². The summed E-state index contributed by atoms with van der Waals surface area (Å²) in [5, 5.41) is 32.9. The molecular formula is C20H21N5O2. The number of amides is 1. The van der Waals surface area contributed by atoms with E-state index >= 15 is 0 Å². The molecule has 3 rings (SSSR count). The van der Waals surface area contributed by atoms with E-state index in [0.717, 1.165) is 6.42 Å². The summed E-state index contributed by atoms with van der Waals surface area (Å²) in [6, 6.07) is 13.2. The number of hydrogen-bond acceptors (Lipinski definition) is 6. The number of methoxy groups -OCH3 is 1. The lowest BCUT2D eigenvalue weighted by molar-refractivity contribution is -0.128. The van der Waals surface area contributed by atoms with Crippen LogP contribution in [0.4, 0.5) is 0 Å². The van der Waals surface area contributed by atoms with Crippen LogP contribution >= 0.6 is 0 Å². The standard InChI is InChI=1S/C20H21N5O2/c1-3-4-15-16(13-5-7-14(27-2)8-6-13)19(11-22,12-23)18(10-21)9-20(15,24)25-17(18)26/h5-8,15-16H,3-4,9,24H2,1-2H3,(H,25,26)/t15-,16+,18-,20-/m0/s1. The maximum Gasteiger partial charge on any atom is 0.244 e. The highest BCUT2D eigenvalue weighted by atomic mass is 16.5. The van der Waals surface area contributed by atoms with Crippen LogP contribution in [0.15, 0.2) is 24.3 Å². The fourth-order valence-electron chi connectivity index (χ4n) is 4.85. The smallest absolute Gasteiger partial charge is 0.244 e. The van der Waals surface area contributed by atoms with Gasteiger partial charge in [-0.2, -0.15) is 15.8 Å². The highest BCUT2D eigenvalue weighted by Crippen LogP contribution is 2.64. The van der Waals surface area contributed by atoms with Crippen LogP contribution in [0.3, 0.4) is 0 Å². The minimum atomic E-state index is -1.83. The number of rotatable bonds is 4. The summed E-state index contributed by atoms with van der Waals surface area (Å²) >= 11 is 0. The molecule has 3 N–H and O–H groups in total. The Morgan fingerprint density at radius 3 is 2.33 bits per heavy atom. The van der Waals surface area contributed by atoms with Crippen molar-refractivity contribution in [3.63, 3.8) is 0 Å². The second-order valence-electron chi connectivity index (χ2n) is 7.37. The van der Waals surface area contributed by atoms with E-state index in [9.17, 15) is 20.6 Å². The summed E-state index contributed by atoms with van der Waals surface area (Å²) in [7, 11) is 1.55. The summed E-state index contributed by atoms with van der Waals surface area (Å²) in [4.78, 5) is 12.8. The average Bonchev–Trinajstić information content (AvgIpc) is 2.94. The Bertz CT molecular complexity index is 877. The van der Waals surface area contributed by atoms with Gasteiger partial charge in [-0.25, -0.2) is 0 Å². The lowest BCUT2D eigenvalue weighted by atomic mass is 9.47. The maximum atomic E-state index is 12.8. The van der Waals surface area contributed by atoms with Crippen LogP contribution in [-0.2, 0) is 4.79 Å². The molecule has 1 aliphatic carbocycles. The predicted octanol–water partition coefficient (Wildman–Crippen LogP) is 1.93. The largest absolute Gasteiger partial charge is 0.497 e. The van der Waals surface area contributed by atoms with E-state index in [2.05, 4.69) is 17.5 Å². The normalized spacial score (nSPS) is 33.3. The Kier molecular flexibility index (Phi) is 4.34. The highest BCUT2D eigenvalue weighted by molar-refractivity contribution is 5.92. The molecule has 7 heteroatoms. The average molecular weight is 363 g/mol. The van der Waals surface area contributed by atoms with Crippen LogP contribution < -0.4 is 15.8 Å². The predicted molar refractivity (Wildman–Crippen MR) is 95.5 cm³/mol. The third kappa shape index (κ3) is 2.24. The van der Waals surface area contributed by atoms with Crippen LogP contribution in [0, 0.1) is 50.7 Å². The van der Waals surface area contributed by atoms with Crippen molar-refractivity contribution in [3.8, 4) is 24.0 Å². The van der Waals surface area contributed by atoms with Crippen LogP contribution in [0.1, 0.15) is 37.7 Å². The van der Waals surface area contributed by atoms with Gasteiger partial charge < -0.3 is 15.8 Å². The van der Waals surface area contributed by atoms with Crippen molar-refractivity contribution in [2.75, 3.05) is 7.11 Å². The molecule has 1 amide bonds. The zero-order valence-electron chi connectivity index (χ0n) is 15.3. The van der Waals surface area contributed by atoms with Crippen molar-refractivity contribution in [2.24, 2.45) is 22.5 Å². The van der Waals surface area contributed by atoms with E-state index in [1.807, 2.05) is 13.0 Å².